The zero-order valence-electron chi connectivity index (χ0n) is 22.5. The number of quaternary nitrogens is 1. The first kappa shape index (κ1) is 33.5. The normalized spacial score (nSPS) is 15.4. The van der Waals surface area contributed by atoms with E-state index in [2.05, 4.69) is 31.2 Å². The van der Waals surface area contributed by atoms with Gasteiger partial charge >= 0.3 is 0 Å². The van der Waals surface area contributed by atoms with Gasteiger partial charge in [0.25, 0.3) is 7.82 Å². The molecule has 8 heteroatoms. The van der Waals surface area contributed by atoms with E-state index in [0.29, 0.717) is 17.6 Å². The number of likely N-dealkylation sites (N-methyl/N-ethyl adjacent to an activating group) is 1. The van der Waals surface area contributed by atoms with Gasteiger partial charge in [-0.15, -0.1) is 0 Å². The van der Waals surface area contributed by atoms with Crippen LogP contribution in [0.15, 0.2) is 24.3 Å². The van der Waals surface area contributed by atoms with Crippen molar-refractivity contribution in [2.24, 2.45) is 0 Å². The molecule has 7 nitrogen and oxygen atoms in total. The maximum atomic E-state index is 12.0. The third kappa shape index (κ3) is 24.6. The fourth-order valence-electron chi connectivity index (χ4n) is 3.11. The number of unbranched alkanes of at least 4 members (excludes halogenated alkanes) is 8. The second kappa shape index (κ2) is 21.7. The van der Waals surface area contributed by atoms with E-state index in [1.165, 1.54) is 45.6 Å². The highest BCUT2D eigenvalue weighted by Crippen LogP contribution is 2.39. The van der Waals surface area contributed by atoms with Gasteiger partial charge in [0.05, 0.1) is 34.4 Å². The molecule has 0 fully saturated rings. The molecule has 0 aliphatic rings. The first-order valence-corrected chi connectivity index (χ1v) is 14.5. The Morgan fingerprint density at radius 1 is 0.824 bits per heavy atom. The zero-order chi connectivity index (χ0) is 25.5. The van der Waals surface area contributed by atoms with Gasteiger partial charge in [0.1, 0.15) is 19.3 Å². The fourth-order valence-corrected chi connectivity index (χ4v) is 3.96. The van der Waals surface area contributed by atoms with Crippen LogP contribution in [0.4, 0.5) is 0 Å². The predicted octanol–water partition coefficient (Wildman–Crippen LogP) is 5.65. The van der Waals surface area contributed by atoms with Crippen LogP contribution >= 0.6 is 7.82 Å². The molecule has 0 saturated carbocycles. The Bertz CT molecular complexity index is 562. The summed E-state index contributed by atoms with van der Waals surface area (Å²) in [5.41, 5.74) is 0. The molecule has 1 unspecified atom stereocenters. The van der Waals surface area contributed by atoms with Crippen molar-refractivity contribution in [3.05, 3.63) is 24.3 Å². The predicted molar refractivity (Wildman–Crippen MR) is 139 cm³/mol. The summed E-state index contributed by atoms with van der Waals surface area (Å²) in [6.45, 7) is 3.73. The van der Waals surface area contributed by atoms with Crippen LogP contribution in [0.25, 0.3) is 0 Å². The van der Waals surface area contributed by atoms with Gasteiger partial charge in [0.15, 0.2) is 0 Å². The first-order valence-electron chi connectivity index (χ1n) is 13.0. The van der Waals surface area contributed by atoms with Crippen LogP contribution in [0.3, 0.4) is 0 Å². The largest absolute Gasteiger partial charge is 0.756 e. The van der Waals surface area contributed by atoms with Crippen LogP contribution in [-0.2, 0) is 23.1 Å². The summed E-state index contributed by atoms with van der Waals surface area (Å²) in [6, 6.07) is 0. The van der Waals surface area contributed by atoms with Crippen molar-refractivity contribution < 1.29 is 32.5 Å². The van der Waals surface area contributed by atoms with E-state index in [4.69, 9.17) is 18.5 Å². The standard InChI is InChI=1S/C26H52NO6P/c1-6-7-8-9-10-11-12-13-14-15-16-17-18-19-20-22-31-25-26(24-30-5)33-34(28,29)32-23-21-27(2,3)4/h9-10,15-16,26H,6-8,11-14,17-25H2,1-5H3/b10-9-,16-15-/t26-/m0/s1. The summed E-state index contributed by atoms with van der Waals surface area (Å²) in [5, 5.41) is 0. The molecule has 0 aliphatic carbocycles. The maximum Gasteiger partial charge on any atom is 0.268 e. The Morgan fingerprint density at radius 3 is 1.91 bits per heavy atom. The number of hydrogen-bond acceptors (Lipinski definition) is 6. The van der Waals surface area contributed by atoms with Gasteiger partial charge in [-0.3, -0.25) is 4.57 Å². The molecule has 0 aliphatic heterocycles. The molecule has 202 valence electrons. The summed E-state index contributed by atoms with van der Waals surface area (Å²) in [5.74, 6) is 0. The summed E-state index contributed by atoms with van der Waals surface area (Å²) < 4.78 is 33.4. The first-order chi connectivity index (χ1) is 16.2. The highest BCUT2D eigenvalue weighted by atomic mass is 31.2. The third-order valence-electron chi connectivity index (χ3n) is 5.15. The molecular weight excluding hydrogens is 453 g/mol. The Balaban J connectivity index is 3.76. The van der Waals surface area contributed by atoms with E-state index < -0.39 is 13.9 Å². The number of rotatable bonds is 24. The molecule has 34 heavy (non-hydrogen) atoms. The molecule has 0 aromatic heterocycles. The minimum absolute atomic E-state index is 0.0791. The number of allylic oxidation sites excluding steroid dienone is 4. The van der Waals surface area contributed by atoms with Crippen molar-refractivity contribution in [3.8, 4) is 0 Å². The van der Waals surface area contributed by atoms with Gasteiger partial charge in [-0.25, -0.2) is 0 Å². The topological polar surface area (TPSA) is 77.1 Å². The van der Waals surface area contributed by atoms with Gasteiger partial charge in [0, 0.05) is 13.7 Å². The molecule has 0 radical (unpaired) electrons. The summed E-state index contributed by atoms with van der Waals surface area (Å²) in [7, 11) is 3.01. The van der Waals surface area contributed by atoms with E-state index in [0.717, 1.165) is 32.1 Å². The second-order valence-electron chi connectivity index (χ2n) is 9.77. The van der Waals surface area contributed by atoms with Gasteiger partial charge in [-0.05, 0) is 51.4 Å². The monoisotopic (exact) mass is 505 g/mol. The average molecular weight is 506 g/mol. The molecule has 0 rings (SSSR count). The summed E-state index contributed by atoms with van der Waals surface area (Å²) >= 11 is 0. The van der Waals surface area contributed by atoms with Crippen molar-refractivity contribution in [2.45, 2.75) is 83.7 Å². The number of nitrogens with zero attached hydrogens (tertiary/aromatic N) is 1. The van der Waals surface area contributed by atoms with Crippen molar-refractivity contribution in [1.82, 2.24) is 0 Å². The fraction of sp³-hybridized carbons (Fsp3) is 0.846. The lowest BCUT2D eigenvalue weighted by molar-refractivity contribution is -0.870. The smallest absolute Gasteiger partial charge is 0.268 e. The number of hydrogen-bond donors (Lipinski definition) is 0. The van der Waals surface area contributed by atoms with Crippen LogP contribution < -0.4 is 4.89 Å². The van der Waals surface area contributed by atoms with Crippen molar-refractivity contribution in [3.63, 3.8) is 0 Å². The minimum atomic E-state index is -4.39. The average Bonchev–Trinajstić information content (AvgIpc) is 2.74. The molecule has 0 bridgehead atoms. The summed E-state index contributed by atoms with van der Waals surface area (Å²) in [4.78, 5) is 12.0. The number of ether oxygens (including phenoxy) is 2. The molecular formula is C26H52NO6P. The lowest BCUT2D eigenvalue weighted by Crippen LogP contribution is -2.38. The van der Waals surface area contributed by atoms with Crippen LogP contribution in [0.5, 0.6) is 0 Å². The van der Waals surface area contributed by atoms with E-state index >= 15 is 0 Å². The highest BCUT2D eigenvalue weighted by Gasteiger charge is 2.20. The molecule has 0 N–H and O–H groups in total. The van der Waals surface area contributed by atoms with E-state index in [9.17, 15) is 9.46 Å². The van der Waals surface area contributed by atoms with Gasteiger partial charge in [-0.2, -0.15) is 0 Å². The van der Waals surface area contributed by atoms with Crippen LogP contribution in [0.2, 0.25) is 0 Å². The minimum Gasteiger partial charge on any atom is -0.756 e. The highest BCUT2D eigenvalue weighted by molar-refractivity contribution is 7.45. The summed E-state index contributed by atoms with van der Waals surface area (Å²) in [6.07, 6.45) is 21.4. The van der Waals surface area contributed by atoms with Crippen molar-refractivity contribution >= 4 is 7.82 Å². The van der Waals surface area contributed by atoms with Crippen LogP contribution in [-0.4, -0.2) is 71.8 Å². The van der Waals surface area contributed by atoms with E-state index in [1.54, 1.807) is 0 Å². The van der Waals surface area contributed by atoms with Gasteiger partial charge in [0.2, 0.25) is 0 Å². The lowest BCUT2D eigenvalue weighted by atomic mass is 10.1. The quantitative estimate of drug-likeness (QED) is 0.0730. The molecule has 0 aromatic carbocycles. The Morgan fingerprint density at radius 2 is 1.38 bits per heavy atom. The Labute approximate surface area is 209 Å². The molecule has 0 aromatic rings. The number of phosphoric ester groups is 1. The number of phosphoric acid groups is 1. The Kier molecular flexibility index (Phi) is 21.4. The zero-order valence-corrected chi connectivity index (χ0v) is 23.4. The number of methoxy groups -OCH3 is 1. The van der Waals surface area contributed by atoms with Crippen LogP contribution in [0.1, 0.15) is 77.6 Å². The van der Waals surface area contributed by atoms with E-state index in [-0.39, 0.29) is 19.8 Å². The maximum absolute atomic E-state index is 12.0. The SMILES string of the molecule is CCCC/C=C\CCCC/C=C\CCCCCOC[C@H](COC)OP(=O)([O-])OCC[N+](C)(C)C. The van der Waals surface area contributed by atoms with Crippen LogP contribution in [0, 0.1) is 0 Å². The lowest BCUT2D eigenvalue weighted by Gasteiger charge is -2.29. The molecule has 2 atom stereocenters. The molecule has 0 spiro atoms. The molecule has 0 saturated heterocycles. The van der Waals surface area contributed by atoms with E-state index in [1.807, 2.05) is 21.1 Å². The second-order valence-corrected chi connectivity index (χ2v) is 11.1. The third-order valence-corrected chi connectivity index (χ3v) is 6.21. The van der Waals surface area contributed by atoms with Crippen molar-refractivity contribution in [1.29, 1.82) is 0 Å². The Hall–Kier alpha value is -0.530. The molecule has 0 amide bonds. The molecule has 0 heterocycles. The van der Waals surface area contributed by atoms with Gasteiger partial charge < -0.3 is 27.9 Å². The van der Waals surface area contributed by atoms with Crippen molar-refractivity contribution in [2.75, 3.05) is 61.2 Å². The van der Waals surface area contributed by atoms with Gasteiger partial charge in [-0.1, -0.05) is 50.5 Å².